The van der Waals surface area contributed by atoms with Crippen LogP contribution >= 0.6 is 0 Å². The number of carbonyl (C=O) groups is 1. The molecule has 1 saturated heterocycles. The van der Waals surface area contributed by atoms with Crippen LogP contribution in [0.4, 0.5) is 0 Å². The maximum Gasteiger partial charge on any atom is 0.220 e. The molecular formula is C12H22N2O. The number of hydrogen-bond acceptors (Lipinski definition) is 2. The van der Waals surface area contributed by atoms with Gasteiger partial charge in [-0.15, -0.1) is 0 Å². The fraction of sp³-hybridized carbons (Fsp3) is 0.917. The van der Waals surface area contributed by atoms with Gasteiger partial charge in [-0.25, -0.2) is 0 Å². The van der Waals surface area contributed by atoms with Crippen LogP contribution < -0.4 is 10.6 Å². The van der Waals surface area contributed by atoms with Crippen LogP contribution in [0, 0.1) is 17.8 Å². The summed E-state index contributed by atoms with van der Waals surface area (Å²) in [6.07, 6.45) is 4.65. The largest absolute Gasteiger partial charge is 0.356 e. The second-order valence-corrected chi connectivity index (χ2v) is 5.32. The molecule has 2 unspecified atom stereocenters. The molecule has 15 heavy (non-hydrogen) atoms. The zero-order valence-electron chi connectivity index (χ0n) is 9.59. The summed E-state index contributed by atoms with van der Waals surface area (Å²) in [7, 11) is 0. The lowest BCUT2D eigenvalue weighted by Gasteiger charge is -2.26. The molecule has 2 atom stereocenters. The molecule has 1 amide bonds. The first-order valence-corrected chi connectivity index (χ1v) is 6.21. The standard InChI is InChI=1S/C12H22N2O/c1-9-2-3-10(4-9)8-14-12(15)5-11-6-13-7-11/h9-11,13H,2-8H2,1H3,(H,14,15). The van der Waals surface area contributed by atoms with E-state index in [9.17, 15) is 4.79 Å². The van der Waals surface area contributed by atoms with Crippen molar-refractivity contribution in [2.24, 2.45) is 17.8 Å². The van der Waals surface area contributed by atoms with E-state index in [4.69, 9.17) is 0 Å². The van der Waals surface area contributed by atoms with Crippen molar-refractivity contribution in [2.75, 3.05) is 19.6 Å². The Hall–Kier alpha value is -0.570. The van der Waals surface area contributed by atoms with Gasteiger partial charge >= 0.3 is 0 Å². The summed E-state index contributed by atoms with van der Waals surface area (Å²) in [5, 5.41) is 6.27. The maximum absolute atomic E-state index is 11.5. The highest BCUT2D eigenvalue weighted by molar-refractivity contribution is 5.76. The summed E-state index contributed by atoms with van der Waals surface area (Å²) < 4.78 is 0. The van der Waals surface area contributed by atoms with E-state index in [0.717, 1.165) is 37.9 Å². The lowest BCUT2D eigenvalue weighted by atomic mass is 9.99. The van der Waals surface area contributed by atoms with Crippen molar-refractivity contribution in [3.8, 4) is 0 Å². The molecule has 2 N–H and O–H groups in total. The van der Waals surface area contributed by atoms with E-state index in [-0.39, 0.29) is 5.91 Å². The quantitative estimate of drug-likeness (QED) is 0.731. The van der Waals surface area contributed by atoms with Crippen molar-refractivity contribution < 1.29 is 4.79 Å². The molecule has 0 radical (unpaired) electrons. The summed E-state index contributed by atoms with van der Waals surface area (Å²) in [5.41, 5.74) is 0. The van der Waals surface area contributed by atoms with Gasteiger partial charge in [0.2, 0.25) is 5.91 Å². The monoisotopic (exact) mass is 210 g/mol. The van der Waals surface area contributed by atoms with Crippen LogP contribution in [0.15, 0.2) is 0 Å². The molecule has 3 nitrogen and oxygen atoms in total. The Morgan fingerprint density at radius 1 is 1.33 bits per heavy atom. The van der Waals surface area contributed by atoms with E-state index in [2.05, 4.69) is 17.6 Å². The summed E-state index contributed by atoms with van der Waals surface area (Å²) >= 11 is 0. The molecule has 0 aromatic rings. The molecule has 2 fully saturated rings. The van der Waals surface area contributed by atoms with Gasteiger partial charge in [-0.05, 0) is 43.7 Å². The third kappa shape index (κ3) is 3.20. The van der Waals surface area contributed by atoms with Crippen LogP contribution in [0.1, 0.15) is 32.6 Å². The lowest BCUT2D eigenvalue weighted by Crippen LogP contribution is -2.44. The Labute approximate surface area is 92.0 Å². The van der Waals surface area contributed by atoms with Crippen molar-refractivity contribution in [2.45, 2.75) is 32.6 Å². The van der Waals surface area contributed by atoms with Crippen molar-refractivity contribution >= 4 is 5.91 Å². The molecule has 0 aromatic carbocycles. The summed E-state index contributed by atoms with van der Waals surface area (Å²) in [4.78, 5) is 11.5. The molecular weight excluding hydrogens is 188 g/mol. The normalized spacial score (nSPS) is 31.3. The SMILES string of the molecule is CC1CCC(CNC(=O)CC2CNC2)C1. The zero-order valence-corrected chi connectivity index (χ0v) is 9.59. The van der Waals surface area contributed by atoms with Gasteiger partial charge in [-0.1, -0.05) is 13.3 Å². The van der Waals surface area contributed by atoms with Gasteiger partial charge < -0.3 is 10.6 Å². The van der Waals surface area contributed by atoms with Crippen LogP contribution in [0.25, 0.3) is 0 Å². The van der Waals surface area contributed by atoms with Crippen molar-refractivity contribution in [1.82, 2.24) is 10.6 Å². The highest BCUT2D eigenvalue weighted by Crippen LogP contribution is 2.29. The van der Waals surface area contributed by atoms with E-state index >= 15 is 0 Å². The zero-order chi connectivity index (χ0) is 10.7. The molecule has 1 heterocycles. The van der Waals surface area contributed by atoms with Crippen molar-refractivity contribution in [1.29, 1.82) is 0 Å². The Balaban J connectivity index is 1.58. The van der Waals surface area contributed by atoms with Gasteiger partial charge in [0.15, 0.2) is 0 Å². The third-order valence-corrected chi connectivity index (χ3v) is 3.73. The van der Waals surface area contributed by atoms with Crippen molar-refractivity contribution in [3.63, 3.8) is 0 Å². The molecule has 1 aliphatic carbocycles. The minimum absolute atomic E-state index is 0.251. The first-order chi connectivity index (χ1) is 7.24. The Morgan fingerprint density at radius 3 is 2.67 bits per heavy atom. The second-order valence-electron chi connectivity index (χ2n) is 5.32. The van der Waals surface area contributed by atoms with Crippen LogP contribution in [0.2, 0.25) is 0 Å². The van der Waals surface area contributed by atoms with Crippen molar-refractivity contribution in [3.05, 3.63) is 0 Å². The highest BCUT2D eigenvalue weighted by Gasteiger charge is 2.23. The second kappa shape index (κ2) is 4.97. The van der Waals surface area contributed by atoms with E-state index in [1.54, 1.807) is 0 Å². The van der Waals surface area contributed by atoms with Gasteiger partial charge in [-0.3, -0.25) is 4.79 Å². The molecule has 0 spiro atoms. The smallest absolute Gasteiger partial charge is 0.220 e. The molecule has 0 bridgehead atoms. The van der Waals surface area contributed by atoms with Gasteiger partial charge in [0.05, 0.1) is 0 Å². The third-order valence-electron chi connectivity index (χ3n) is 3.73. The predicted octanol–water partition coefficient (Wildman–Crippen LogP) is 1.15. The maximum atomic E-state index is 11.5. The van der Waals surface area contributed by atoms with E-state index in [1.807, 2.05) is 0 Å². The first kappa shape index (κ1) is 10.9. The van der Waals surface area contributed by atoms with Crippen LogP contribution in [0.5, 0.6) is 0 Å². The molecule has 1 saturated carbocycles. The van der Waals surface area contributed by atoms with E-state index in [1.165, 1.54) is 19.3 Å². The highest BCUT2D eigenvalue weighted by atomic mass is 16.1. The first-order valence-electron chi connectivity index (χ1n) is 6.21. The molecule has 2 rings (SSSR count). The number of amides is 1. The summed E-state index contributed by atoms with van der Waals surface area (Å²) in [5.74, 6) is 2.44. The topological polar surface area (TPSA) is 41.1 Å². The Morgan fingerprint density at radius 2 is 2.13 bits per heavy atom. The molecule has 3 heteroatoms. The number of nitrogens with one attached hydrogen (secondary N) is 2. The van der Waals surface area contributed by atoms with Gasteiger partial charge in [0.1, 0.15) is 0 Å². The van der Waals surface area contributed by atoms with E-state index < -0.39 is 0 Å². The Kier molecular flexibility index (Phi) is 3.62. The summed E-state index contributed by atoms with van der Waals surface area (Å²) in [6.45, 7) is 5.26. The van der Waals surface area contributed by atoms with Gasteiger partial charge in [0.25, 0.3) is 0 Å². The minimum atomic E-state index is 0.251. The Bertz CT molecular complexity index is 226. The number of carbonyl (C=O) groups excluding carboxylic acids is 1. The molecule has 86 valence electrons. The van der Waals surface area contributed by atoms with E-state index in [0.29, 0.717) is 5.92 Å². The van der Waals surface area contributed by atoms with Crippen LogP contribution in [0.3, 0.4) is 0 Å². The fourth-order valence-electron chi connectivity index (χ4n) is 2.60. The van der Waals surface area contributed by atoms with Crippen LogP contribution in [-0.4, -0.2) is 25.5 Å². The molecule has 2 aliphatic rings. The number of rotatable bonds is 4. The predicted molar refractivity (Wildman–Crippen MR) is 60.5 cm³/mol. The number of hydrogen-bond donors (Lipinski definition) is 2. The fourth-order valence-corrected chi connectivity index (χ4v) is 2.60. The van der Waals surface area contributed by atoms with Gasteiger partial charge in [-0.2, -0.15) is 0 Å². The van der Waals surface area contributed by atoms with Gasteiger partial charge in [0, 0.05) is 13.0 Å². The van der Waals surface area contributed by atoms with Crippen LogP contribution in [-0.2, 0) is 4.79 Å². The molecule has 0 aromatic heterocycles. The summed E-state index contributed by atoms with van der Waals surface area (Å²) in [6, 6.07) is 0. The minimum Gasteiger partial charge on any atom is -0.356 e. The average molecular weight is 210 g/mol. The molecule has 1 aliphatic heterocycles. The lowest BCUT2D eigenvalue weighted by molar-refractivity contribution is -0.122. The average Bonchev–Trinajstić information content (AvgIpc) is 2.55.